The summed E-state index contributed by atoms with van der Waals surface area (Å²) < 4.78 is 4.17. The van der Waals surface area contributed by atoms with Crippen LogP contribution in [0.25, 0.3) is 11.5 Å². The van der Waals surface area contributed by atoms with Crippen molar-refractivity contribution in [2.75, 3.05) is 5.32 Å². The van der Waals surface area contributed by atoms with Crippen LogP contribution >= 0.6 is 11.5 Å². The van der Waals surface area contributed by atoms with Crippen molar-refractivity contribution in [2.24, 2.45) is 0 Å². The van der Waals surface area contributed by atoms with Crippen LogP contribution < -0.4 is 5.32 Å². The maximum atomic E-state index is 12.1. The zero-order valence-corrected chi connectivity index (χ0v) is 12.1. The Morgan fingerprint density at radius 3 is 2.64 bits per heavy atom. The Hall–Kier alpha value is -2.93. The van der Waals surface area contributed by atoms with Crippen LogP contribution in [0.15, 0.2) is 48.7 Å². The second kappa shape index (κ2) is 6.23. The van der Waals surface area contributed by atoms with Gasteiger partial charge >= 0.3 is 0 Å². The van der Waals surface area contributed by atoms with E-state index in [-0.39, 0.29) is 5.91 Å². The van der Waals surface area contributed by atoms with E-state index in [2.05, 4.69) is 19.7 Å². The second-order valence-electron chi connectivity index (χ2n) is 4.33. The van der Waals surface area contributed by atoms with Gasteiger partial charge < -0.3 is 0 Å². The molecule has 0 aliphatic carbocycles. The van der Waals surface area contributed by atoms with Gasteiger partial charge in [-0.25, -0.2) is 0 Å². The molecule has 2 heterocycles. The summed E-state index contributed by atoms with van der Waals surface area (Å²) in [4.78, 5) is 31.1. The maximum Gasteiger partial charge on any atom is 0.257 e. The molecule has 1 amide bonds. The van der Waals surface area contributed by atoms with Crippen molar-refractivity contribution in [3.05, 3.63) is 59.8 Å². The van der Waals surface area contributed by atoms with E-state index < -0.39 is 0 Å². The molecular weight excluding hydrogens is 300 g/mol. The molecule has 0 unspecified atom stereocenters. The lowest BCUT2D eigenvalue weighted by Gasteiger charge is -2.01. The number of benzene rings is 1. The first-order valence-electron chi connectivity index (χ1n) is 6.38. The molecule has 1 N–H and O–H groups in total. The van der Waals surface area contributed by atoms with E-state index in [0.717, 1.165) is 17.8 Å². The summed E-state index contributed by atoms with van der Waals surface area (Å²) in [6, 6.07) is 11.8. The third kappa shape index (κ3) is 3.04. The summed E-state index contributed by atoms with van der Waals surface area (Å²) in [5, 5.41) is 3.07. The van der Waals surface area contributed by atoms with Gasteiger partial charge in [-0.2, -0.15) is 9.36 Å². The van der Waals surface area contributed by atoms with E-state index in [0.29, 0.717) is 27.8 Å². The normalized spacial score (nSPS) is 10.2. The minimum atomic E-state index is -0.304. The first-order chi connectivity index (χ1) is 10.8. The van der Waals surface area contributed by atoms with Crippen LogP contribution in [-0.4, -0.2) is 26.5 Å². The summed E-state index contributed by atoms with van der Waals surface area (Å²) in [6.45, 7) is 0. The zero-order chi connectivity index (χ0) is 15.4. The number of aromatic nitrogens is 3. The highest BCUT2D eigenvalue weighted by atomic mass is 32.1. The Balaban J connectivity index is 1.74. The summed E-state index contributed by atoms with van der Waals surface area (Å²) in [6.07, 6.45) is 2.38. The molecule has 6 nitrogen and oxygen atoms in total. The van der Waals surface area contributed by atoms with Crippen molar-refractivity contribution < 1.29 is 9.59 Å². The molecule has 22 heavy (non-hydrogen) atoms. The number of hydrogen-bond acceptors (Lipinski definition) is 6. The van der Waals surface area contributed by atoms with Gasteiger partial charge in [-0.15, -0.1) is 0 Å². The van der Waals surface area contributed by atoms with Gasteiger partial charge in [-0.1, -0.05) is 18.2 Å². The van der Waals surface area contributed by atoms with Crippen LogP contribution in [0.3, 0.4) is 0 Å². The molecule has 0 atom stereocenters. The Morgan fingerprint density at radius 2 is 1.95 bits per heavy atom. The molecule has 0 saturated carbocycles. The minimum Gasteiger partial charge on any atom is -0.298 e. The number of nitrogens with zero attached hydrogens (tertiary/aromatic N) is 3. The summed E-state index contributed by atoms with van der Waals surface area (Å²) in [5.74, 6) is 0.165. The van der Waals surface area contributed by atoms with Gasteiger partial charge in [0.05, 0.1) is 0 Å². The molecule has 7 heteroatoms. The first-order valence-corrected chi connectivity index (χ1v) is 7.15. The largest absolute Gasteiger partial charge is 0.298 e. The minimum absolute atomic E-state index is 0.304. The van der Waals surface area contributed by atoms with Gasteiger partial charge in [0, 0.05) is 28.9 Å². The topological polar surface area (TPSA) is 84.8 Å². The van der Waals surface area contributed by atoms with Crippen molar-refractivity contribution in [1.29, 1.82) is 0 Å². The quantitative estimate of drug-likeness (QED) is 0.749. The second-order valence-corrected chi connectivity index (χ2v) is 5.08. The fourth-order valence-electron chi connectivity index (χ4n) is 1.76. The third-order valence-corrected chi connectivity index (χ3v) is 3.48. The lowest BCUT2D eigenvalue weighted by atomic mass is 10.1. The van der Waals surface area contributed by atoms with Crippen molar-refractivity contribution in [2.45, 2.75) is 0 Å². The number of amides is 1. The van der Waals surface area contributed by atoms with Gasteiger partial charge in [0.15, 0.2) is 5.82 Å². The van der Waals surface area contributed by atoms with Crippen molar-refractivity contribution in [1.82, 2.24) is 14.3 Å². The van der Waals surface area contributed by atoms with Crippen LogP contribution in [-0.2, 0) is 0 Å². The lowest BCUT2D eigenvalue weighted by molar-refractivity contribution is 0.102. The first kappa shape index (κ1) is 14.0. The highest BCUT2D eigenvalue weighted by Crippen LogP contribution is 2.19. The number of hydrogen-bond donors (Lipinski definition) is 1. The summed E-state index contributed by atoms with van der Waals surface area (Å²) in [7, 11) is 0. The Labute approximate surface area is 130 Å². The third-order valence-electron chi connectivity index (χ3n) is 2.85. The number of aldehydes is 1. The van der Waals surface area contributed by atoms with E-state index in [4.69, 9.17) is 0 Å². The number of carbonyl (C=O) groups is 2. The highest BCUT2D eigenvalue weighted by Gasteiger charge is 2.11. The van der Waals surface area contributed by atoms with E-state index in [1.807, 2.05) is 12.1 Å². The van der Waals surface area contributed by atoms with Crippen molar-refractivity contribution >= 4 is 28.9 Å². The fraction of sp³-hybridized carbons (Fsp3) is 0. The molecule has 3 aromatic rings. The van der Waals surface area contributed by atoms with Crippen LogP contribution in [0, 0.1) is 0 Å². The van der Waals surface area contributed by atoms with Gasteiger partial charge in [-0.3, -0.25) is 19.9 Å². The SMILES string of the molecule is O=Cc1ccc(C(=O)Nc2nc(-c3ccccn3)ns2)cc1. The number of rotatable bonds is 4. The maximum absolute atomic E-state index is 12.1. The van der Waals surface area contributed by atoms with Crippen LogP contribution in [0.1, 0.15) is 20.7 Å². The van der Waals surface area contributed by atoms with Crippen molar-refractivity contribution in [3.63, 3.8) is 0 Å². The molecule has 108 valence electrons. The lowest BCUT2D eigenvalue weighted by Crippen LogP contribution is -2.11. The molecule has 0 fully saturated rings. The summed E-state index contributed by atoms with van der Waals surface area (Å²) >= 11 is 1.09. The molecule has 0 aliphatic rings. The smallest absolute Gasteiger partial charge is 0.257 e. The van der Waals surface area contributed by atoms with E-state index in [9.17, 15) is 9.59 Å². The monoisotopic (exact) mass is 310 g/mol. The van der Waals surface area contributed by atoms with Crippen molar-refractivity contribution in [3.8, 4) is 11.5 Å². The number of carbonyl (C=O) groups excluding carboxylic acids is 2. The molecule has 0 saturated heterocycles. The Morgan fingerprint density at radius 1 is 1.14 bits per heavy atom. The molecule has 0 aliphatic heterocycles. The number of pyridine rings is 1. The number of anilines is 1. The molecular formula is C15H10N4O2S. The average Bonchev–Trinajstić information content (AvgIpc) is 3.04. The van der Waals surface area contributed by atoms with E-state index >= 15 is 0 Å². The van der Waals surface area contributed by atoms with Gasteiger partial charge in [0.2, 0.25) is 5.13 Å². The zero-order valence-electron chi connectivity index (χ0n) is 11.3. The molecule has 1 aromatic carbocycles. The van der Waals surface area contributed by atoms with Gasteiger partial charge in [-0.05, 0) is 24.3 Å². The van der Waals surface area contributed by atoms with E-state index in [1.54, 1.807) is 36.5 Å². The van der Waals surface area contributed by atoms with Crippen LogP contribution in [0.4, 0.5) is 5.13 Å². The molecule has 0 bridgehead atoms. The fourth-order valence-corrected chi connectivity index (χ4v) is 2.33. The van der Waals surface area contributed by atoms with Gasteiger partial charge in [0.1, 0.15) is 12.0 Å². The van der Waals surface area contributed by atoms with Gasteiger partial charge in [0.25, 0.3) is 5.91 Å². The standard InChI is InChI=1S/C15H10N4O2S/c20-9-10-4-6-11(7-5-10)14(21)18-15-17-13(19-22-15)12-3-1-2-8-16-12/h1-9H,(H,17,18,19,21). The molecule has 2 aromatic heterocycles. The Bertz CT molecular complexity index is 800. The molecule has 3 rings (SSSR count). The summed E-state index contributed by atoms with van der Waals surface area (Å²) in [5.41, 5.74) is 1.61. The number of nitrogens with one attached hydrogen (secondary N) is 1. The average molecular weight is 310 g/mol. The highest BCUT2D eigenvalue weighted by molar-refractivity contribution is 7.10. The van der Waals surface area contributed by atoms with Crippen LogP contribution in [0.2, 0.25) is 0 Å². The molecule has 0 spiro atoms. The molecule has 0 radical (unpaired) electrons. The Kier molecular flexibility index (Phi) is 3.97. The predicted molar refractivity (Wildman–Crippen MR) is 82.9 cm³/mol. The van der Waals surface area contributed by atoms with E-state index in [1.165, 1.54) is 0 Å². The predicted octanol–water partition coefficient (Wildman–Crippen LogP) is 2.66. The van der Waals surface area contributed by atoms with Crippen LogP contribution in [0.5, 0.6) is 0 Å².